The number of aromatic hydroxyl groups is 1. The Kier molecular flexibility index (Phi) is 3.52. The number of aromatic nitrogens is 2. The molecule has 3 N–H and O–H groups in total. The highest BCUT2D eigenvalue weighted by atomic mass is 16.3. The lowest BCUT2D eigenvalue weighted by Gasteiger charge is -2.32. The van der Waals surface area contributed by atoms with Gasteiger partial charge in [0.15, 0.2) is 0 Å². The summed E-state index contributed by atoms with van der Waals surface area (Å²) in [5, 5.41) is 9.64. The fourth-order valence-electron chi connectivity index (χ4n) is 2.57. The van der Waals surface area contributed by atoms with Gasteiger partial charge in [-0.05, 0) is 25.0 Å². The van der Waals surface area contributed by atoms with Gasteiger partial charge in [0.2, 0.25) is 0 Å². The number of phenols is 1. The van der Waals surface area contributed by atoms with Crippen molar-refractivity contribution < 1.29 is 5.11 Å². The van der Waals surface area contributed by atoms with Gasteiger partial charge < -0.3 is 15.7 Å². The van der Waals surface area contributed by atoms with Gasteiger partial charge in [0.25, 0.3) is 0 Å². The average molecular weight is 270 g/mol. The molecule has 1 saturated heterocycles. The molecular formula is C15H18N4O. The van der Waals surface area contributed by atoms with Crippen LogP contribution in [0.1, 0.15) is 12.8 Å². The number of rotatable bonds is 2. The lowest BCUT2D eigenvalue weighted by molar-refractivity contribution is 0.475. The minimum Gasteiger partial charge on any atom is -0.508 e. The van der Waals surface area contributed by atoms with E-state index in [0.717, 1.165) is 42.9 Å². The molecule has 2 aromatic rings. The van der Waals surface area contributed by atoms with E-state index in [9.17, 15) is 5.11 Å². The number of nitrogens with two attached hydrogens (primary N) is 1. The largest absolute Gasteiger partial charge is 0.508 e. The van der Waals surface area contributed by atoms with Crippen LogP contribution in [0, 0.1) is 0 Å². The summed E-state index contributed by atoms with van der Waals surface area (Å²) in [4.78, 5) is 10.8. The third-order valence-electron chi connectivity index (χ3n) is 3.69. The summed E-state index contributed by atoms with van der Waals surface area (Å²) in [5.74, 6) is 0.243. The summed E-state index contributed by atoms with van der Waals surface area (Å²) >= 11 is 0. The van der Waals surface area contributed by atoms with Crippen molar-refractivity contribution >= 4 is 5.69 Å². The Labute approximate surface area is 118 Å². The number of benzene rings is 1. The molecule has 0 bridgehead atoms. The van der Waals surface area contributed by atoms with Gasteiger partial charge in [-0.1, -0.05) is 12.1 Å². The molecule has 1 fully saturated rings. The van der Waals surface area contributed by atoms with Crippen molar-refractivity contribution in [3.05, 3.63) is 36.8 Å². The van der Waals surface area contributed by atoms with Crippen LogP contribution < -0.4 is 10.6 Å². The zero-order valence-corrected chi connectivity index (χ0v) is 11.2. The molecule has 0 amide bonds. The maximum absolute atomic E-state index is 9.64. The van der Waals surface area contributed by atoms with Gasteiger partial charge in [0.05, 0.1) is 17.6 Å². The van der Waals surface area contributed by atoms with Gasteiger partial charge in [-0.25, -0.2) is 9.97 Å². The van der Waals surface area contributed by atoms with Crippen LogP contribution in [0.3, 0.4) is 0 Å². The van der Waals surface area contributed by atoms with Crippen molar-refractivity contribution in [3.8, 4) is 17.0 Å². The van der Waals surface area contributed by atoms with Gasteiger partial charge in [-0.15, -0.1) is 0 Å². The lowest BCUT2D eigenvalue weighted by atomic mass is 10.0. The van der Waals surface area contributed by atoms with Crippen molar-refractivity contribution in [1.82, 2.24) is 9.97 Å². The van der Waals surface area contributed by atoms with Crippen LogP contribution in [0.15, 0.2) is 36.8 Å². The molecule has 3 rings (SSSR count). The molecule has 0 radical (unpaired) electrons. The molecule has 2 heterocycles. The van der Waals surface area contributed by atoms with Crippen LogP contribution >= 0.6 is 0 Å². The Bertz CT molecular complexity index is 594. The molecule has 0 atom stereocenters. The third-order valence-corrected chi connectivity index (χ3v) is 3.69. The quantitative estimate of drug-likeness (QED) is 0.870. The van der Waals surface area contributed by atoms with Crippen molar-refractivity contribution in [1.29, 1.82) is 0 Å². The highest BCUT2D eigenvalue weighted by Gasteiger charge is 2.20. The second-order valence-corrected chi connectivity index (χ2v) is 5.13. The highest BCUT2D eigenvalue weighted by Crippen LogP contribution is 2.31. The highest BCUT2D eigenvalue weighted by molar-refractivity contribution is 5.75. The maximum atomic E-state index is 9.64. The van der Waals surface area contributed by atoms with E-state index in [1.165, 1.54) is 0 Å². The molecule has 0 unspecified atom stereocenters. The van der Waals surface area contributed by atoms with Crippen molar-refractivity contribution in [2.45, 2.75) is 18.9 Å². The third kappa shape index (κ3) is 2.58. The van der Waals surface area contributed by atoms with E-state index in [4.69, 9.17) is 5.73 Å². The van der Waals surface area contributed by atoms with Crippen LogP contribution in [-0.4, -0.2) is 34.2 Å². The standard InChI is InChI=1S/C15H18N4O/c16-12-4-6-19(7-5-12)14-9-17-10-18-15(14)11-2-1-3-13(20)8-11/h1-3,8-10,12,20H,4-7,16H2. The van der Waals surface area contributed by atoms with Crippen LogP contribution in [-0.2, 0) is 0 Å². The SMILES string of the molecule is NC1CCN(c2cncnc2-c2cccc(O)c2)CC1. The number of phenolic OH excluding ortho intramolecular Hbond substituents is 1. The smallest absolute Gasteiger partial charge is 0.116 e. The monoisotopic (exact) mass is 270 g/mol. The van der Waals surface area contributed by atoms with E-state index in [2.05, 4.69) is 14.9 Å². The summed E-state index contributed by atoms with van der Waals surface area (Å²) in [5.41, 5.74) is 8.71. The summed E-state index contributed by atoms with van der Waals surface area (Å²) in [6.07, 6.45) is 5.34. The summed E-state index contributed by atoms with van der Waals surface area (Å²) in [6.45, 7) is 1.83. The number of hydrogen-bond acceptors (Lipinski definition) is 5. The van der Waals surface area contributed by atoms with Crippen molar-refractivity contribution in [3.63, 3.8) is 0 Å². The number of piperidine rings is 1. The first-order chi connectivity index (χ1) is 9.74. The molecule has 20 heavy (non-hydrogen) atoms. The second kappa shape index (κ2) is 5.46. The number of nitrogens with zero attached hydrogens (tertiary/aromatic N) is 3. The van der Waals surface area contributed by atoms with Crippen LogP contribution in [0.4, 0.5) is 5.69 Å². The summed E-state index contributed by atoms with van der Waals surface area (Å²) in [7, 11) is 0. The first kappa shape index (κ1) is 12.9. The van der Waals surface area contributed by atoms with E-state index in [1.54, 1.807) is 18.5 Å². The predicted molar refractivity (Wildman–Crippen MR) is 78.6 cm³/mol. The molecule has 0 aliphatic carbocycles. The predicted octanol–water partition coefficient (Wildman–Crippen LogP) is 1.78. The van der Waals surface area contributed by atoms with Crippen molar-refractivity contribution in [2.75, 3.05) is 18.0 Å². The summed E-state index contributed by atoms with van der Waals surface area (Å²) in [6, 6.07) is 7.44. The lowest BCUT2D eigenvalue weighted by Crippen LogP contribution is -2.40. The molecule has 104 valence electrons. The molecule has 0 saturated carbocycles. The van der Waals surface area contributed by atoms with E-state index in [-0.39, 0.29) is 5.75 Å². The first-order valence-electron chi connectivity index (χ1n) is 6.84. The first-order valence-corrected chi connectivity index (χ1v) is 6.84. The Morgan fingerprint density at radius 2 is 2.05 bits per heavy atom. The molecule has 0 spiro atoms. The Balaban J connectivity index is 1.96. The zero-order chi connectivity index (χ0) is 13.9. The molecule has 1 aliphatic heterocycles. The molecule has 5 heteroatoms. The molecule has 1 aromatic carbocycles. The van der Waals surface area contributed by atoms with Crippen LogP contribution in [0.5, 0.6) is 5.75 Å². The topological polar surface area (TPSA) is 75.3 Å². The van der Waals surface area contributed by atoms with Gasteiger partial charge >= 0.3 is 0 Å². The van der Waals surface area contributed by atoms with E-state index in [0.29, 0.717) is 6.04 Å². The fourth-order valence-corrected chi connectivity index (χ4v) is 2.57. The van der Waals surface area contributed by atoms with Gasteiger partial charge in [-0.2, -0.15) is 0 Å². The molecule has 5 nitrogen and oxygen atoms in total. The number of hydrogen-bond donors (Lipinski definition) is 2. The van der Waals surface area contributed by atoms with Crippen LogP contribution in [0.2, 0.25) is 0 Å². The minimum absolute atomic E-state index is 0.243. The van der Waals surface area contributed by atoms with Gasteiger partial charge in [-0.3, -0.25) is 0 Å². The fraction of sp³-hybridized carbons (Fsp3) is 0.333. The number of anilines is 1. The van der Waals surface area contributed by atoms with E-state index in [1.807, 2.05) is 18.3 Å². The van der Waals surface area contributed by atoms with Crippen LogP contribution in [0.25, 0.3) is 11.3 Å². The van der Waals surface area contributed by atoms with Crippen molar-refractivity contribution in [2.24, 2.45) is 5.73 Å². The Hall–Kier alpha value is -2.14. The van der Waals surface area contributed by atoms with E-state index < -0.39 is 0 Å². The normalized spacial score (nSPS) is 16.4. The Morgan fingerprint density at radius 1 is 1.25 bits per heavy atom. The summed E-state index contributed by atoms with van der Waals surface area (Å²) < 4.78 is 0. The average Bonchev–Trinajstić information content (AvgIpc) is 2.48. The Morgan fingerprint density at radius 3 is 2.80 bits per heavy atom. The van der Waals surface area contributed by atoms with E-state index >= 15 is 0 Å². The zero-order valence-electron chi connectivity index (χ0n) is 11.2. The molecule has 1 aliphatic rings. The second-order valence-electron chi connectivity index (χ2n) is 5.13. The minimum atomic E-state index is 0.243. The molecule has 1 aromatic heterocycles. The van der Waals surface area contributed by atoms with Gasteiger partial charge in [0, 0.05) is 24.7 Å². The molecular weight excluding hydrogens is 252 g/mol. The van der Waals surface area contributed by atoms with Gasteiger partial charge in [0.1, 0.15) is 12.1 Å². The maximum Gasteiger partial charge on any atom is 0.116 e.